The number of esters is 1. The number of aliphatic hydroxyl groups is 1. The van der Waals surface area contributed by atoms with Crippen LogP contribution in [-0.2, 0) is 15.1 Å². The fourth-order valence-corrected chi connectivity index (χ4v) is 6.15. The standard InChI is InChI=1S/C25H28O3/c1-4-22(26)28-21-17-20-15-16-24(21,23(20,2)3)25(27,18-11-7-5-8-12-18)19-13-9-6-10-14-19/h4-14,20-21,27H,1,15-17H2,2-3H3/t20-,21-,24-/m1/s1. The van der Waals surface area contributed by atoms with Crippen molar-refractivity contribution in [1.29, 1.82) is 0 Å². The molecule has 0 unspecified atom stereocenters. The van der Waals surface area contributed by atoms with Gasteiger partial charge in [0.25, 0.3) is 0 Å². The first-order valence-electron chi connectivity index (χ1n) is 10.0. The Balaban J connectivity index is 1.98. The third-order valence-electron chi connectivity index (χ3n) is 7.56. The molecule has 2 bridgehead atoms. The highest BCUT2D eigenvalue weighted by Crippen LogP contribution is 2.73. The lowest BCUT2D eigenvalue weighted by Crippen LogP contribution is -2.57. The van der Waals surface area contributed by atoms with Crippen LogP contribution in [0.1, 0.15) is 44.2 Å². The second-order valence-corrected chi connectivity index (χ2v) is 8.74. The molecule has 2 saturated carbocycles. The minimum absolute atomic E-state index is 0.195. The number of carbonyl (C=O) groups excluding carboxylic acids is 1. The van der Waals surface area contributed by atoms with Gasteiger partial charge in [-0.1, -0.05) is 81.1 Å². The second-order valence-electron chi connectivity index (χ2n) is 8.74. The third kappa shape index (κ3) is 2.35. The summed E-state index contributed by atoms with van der Waals surface area (Å²) < 4.78 is 5.91. The highest BCUT2D eigenvalue weighted by molar-refractivity contribution is 5.81. The SMILES string of the molecule is C=CC(=O)O[C@@H]1C[C@H]2CC[C@]1(C(O)(c1ccccc1)c1ccccc1)C2(C)C. The zero-order chi connectivity index (χ0) is 20.0. The van der Waals surface area contributed by atoms with Gasteiger partial charge in [-0.15, -0.1) is 0 Å². The van der Waals surface area contributed by atoms with Crippen LogP contribution < -0.4 is 0 Å². The number of benzene rings is 2. The first-order valence-corrected chi connectivity index (χ1v) is 10.0. The maximum atomic E-state index is 12.6. The van der Waals surface area contributed by atoms with Crippen LogP contribution >= 0.6 is 0 Å². The number of carbonyl (C=O) groups is 1. The van der Waals surface area contributed by atoms with Gasteiger partial charge in [-0.3, -0.25) is 0 Å². The Morgan fingerprint density at radius 2 is 1.64 bits per heavy atom. The molecule has 0 aliphatic heterocycles. The molecule has 3 nitrogen and oxygen atoms in total. The molecule has 3 heteroatoms. The molecular formula is C25H28O3. The first-order chi connectivity index (χ1) is 13.4. The molecule has 0 aromatic heterocycles. The lowest BCUT2D eigenvalue weighted by Gasteiger charge is -2.53. The molecular weight excluding hydrogens is 348 g/mol. The van der Waals surface area contributed by atoms with Crippen LogP contribution in [0.5, 0.6) is 0 Å². The van der Waals surface area contributed by atoms with Crippen molar-refractivity contribution in [3.05, 3.63) is 84.4 Å². The molecule has 2 aromatic rings. The quantitative estimate of drug-likeness (QED) is 0.600. The number of ether oxygens (including phenoxy) is 1. The van der Waals surface area contributed by atoms with Crippen LogP contribution in [0, 0.1) is 16.7 Å². The molecule has 2 aliphatic carbocycles. The molecule has 0 amide bonds. The van der Waals surface area contributed by atoms with E-state index in [0.717, 1.165) is 30.4 Å². The molecule has 4 rings (SSSR count). The molecule has 3 atom stereocenters. The average Bonchev–Trinajstić information content (AvgIpc) is 3.11. The van der Waals surface area contributed by atoms with E-state index in [-0.39, 0.29) is 11.5 Å². The van der Waals surface area contributed by atoms with Crippen molar-refractivity contribution in [1.82, 2.24) is 0 Å². The summed E-state index contributed by atoms with van der Waals surface area (Å²) in [4.78, 5) is 12.2. The summed E-state index contributed by atoms with van der Waals surface area (Å²) >= 11 is 0. The van der Waals surface area contributed by atoms with Gasteiger partial charge >= 0.3 is 5.97 Å². The lowest BCUT2D eigenvalue weighted by atomic mass is 9.54. The summed E-state index contributed by atoms with van der Waals surface area (Å²) in [6, 6.07) is 19.7. The van der Waals surface area contributed by atoms with Crippen LogP contribution in [0.2, 0.25) is 0 Å². The Bertz CT molecular complexity index is 832. The van der Waals surface area contributed by atoms with Crippen molar-refractivity contribution in [2.24, 2.45) is 16.7 Å². The van der Waals surface area contributed by atoms with Gasteiger partial charge in [0.1, 0.15) is 11.7 Å². The smallest absolute Gasteiger partial charge is 0.330 e. The summed E-state index contributed by atoms with van der Waals surface area (Å²) in [6.45, 7) is 8.02. The predicted molar refractivity (Wildman–Crippen MR) is 110 cm³/mol. The Labute approximate surface area is 167 Å². The van der Waals surface area contributed by atoms with Gasteiger partial charge in [-0.25, -0.2) is 4.79 Å². The third-order valence-corrected chi connectivity index (χ3v) is 7.56. The largest absolute Gasteiger partial charge is 0.458 e. The minimum atomic E-state index is -1.27. The Kier molecular flexibility index (Phi) is 4.46. The number of rotatable bonds is 5. The molecule has 2 aliphatic rings. The van der Waals surface area contributed by atoms with E-state index in [2.05, 4.69) is 20.4 Å². The highest BCUT2D eigenvalue weighted by atomic mass is 16.5. The highest BCUT2D eigenvalue weighted by Gasteiger charge is 2.74. The van der Waals surface area contributed by atoms with Crippen molar-refractivity contribution in [2.75, 3.05) is 0 Å². The van der Waals surface area contributed by atoms with E-state index in [1.807, 2.05) is 60.7 Å². The predicted octanol–water partition coefficient (Wildman–Crippen LogP) is 4.85. The topological polar surface area (TPSA) is 46.5 Å². The second kappa shape index (κ2) is 6.59. The lowest BCUT2D eigenvalue weighted by molar-refractivity contribution is -0.180. The van der Waals surface area contributed by atoms with Gasteiger partial charge in [-0.05, 0) is 41.7 Å². The number of hydrogen-bond donors (Lipinski definition) is 1. The van der Waals surface area contributed by atoms with Gasteiger partial charge < -0.3 is 9.84 Å². The number of fused-ring (bicyclic) bond motifs is 2. The number of hydrogen-bond acceptors (Lipinski definition) is 3. The van der Waals surface area contributed by atoms with E-state index in [0.29, 0.717) is 5.92 Å². The maximum Gasteiger partial charge on any atom is 0.330 e. The van der Waals surface area contributed by atoms with Gasteiger partial charge in [0.05, 0.1) is 0 Å². The Morgan fingerprint density at radius 3 is 2.11 bits per heavy atom. The van der Waals surface area contributed by atoms with Crippen molar-refractivity contribution in [3.63, 3.8) is 0 Å². The average molecular weight is 376 g/mol. The van der Waals surface area contributed by atoms with Crippen molar-refractivity contribution < 1.29 is 14.6 Å². The fraction of sp³-hybridized carbons (Fsp3) is 0.400. The zero-order valence-corrected chi connectivity index (χ0v) is 16.6. The molecule has 146 valence electrons. The molecule has 0 heterocycles. The summed E-state index contributed by atoms with van der Waals surface area (Å²) in [5.74, 6) is -0.0229. The van der Waals surface area contributed by atoms with Crippen LogP contribution in [0.25, 0.3) is 0 Å². The molecule has 0 saturated heterocycles. The van der Waals surface area contributed by atoms with E-state index in [4.69, 9.17) is 4.74 Å². The van der Waals surface area contributed by atoms with E-state index in [1.165, 1.54) is 6.08 Å². The summed E-state index contributed by atoms with van der Waals surface area (Å²) in [7, 11) is 0. The first kappa shape index (κ1) is 18.9. The van der Waals surface area contributed by atoms with E-state index >= 15 is 0 Å². The molecule has 2 aromatic carbocycles. The molecule has 28 heavy (non-hydrogen) atoms. The van der Waals surface area contributed by atoms with Crippen LogP contribution in [-0.4, -0.2) is 17.2 Å². The van der Waals surface area contributed by atoms with Gasteiger partial charge in [0.2, 0.25) is 0 Å². The van der Waals surface area contributed by atoms with E-state index in [9.17, 15) is 9.90 Å². The van der Waals surface area contributed by atoms with Gasteiger partial charge in [0, 0.05) is 11.5 Å². The summed E-state index contributed by atoms with van der Waals surface area (Å²) in [5.41, 5.74) is -0.393. The molecule has 1 N–H and O–H groups in total. The van der Waals surface area contributed by atoms with Crippen molar-refractivity contribution in [2.45, 2.75) is 44.8 Å². The monoisotopic (exact) mass is 376 g/mol. The van der Waals surface area contributed by atoms with Gasteiger partial charge in [-0.2, -0.15) is 0 Å². The normalized spacial score (nSPS) is 28.1. The summed E-state index contributed by atoms with van der Waals surface area (Å²) in [5, 5.41) is 12.6. The van der Waals surface area contributed by atoms with E-state index < -0.39 is 17.0 Å². The maximum absolute atomic E-state index is 12.6. The van der Waals surface area contributed by atoms with Crippen LogP contribution in [0.4, 0.5) is 0 Å². The molecule has 0 spiro atoms. The van der Waals surface area contributed by atoms with Crippen LogP contribution in [0.3, 0.4) is 0 Å². The molecule has 0 radical (unpaired) electrons. The van der Waals surface area contributed by atoms with Crippen LogP contribution in [0.15, 0.2) is 73.3 Å². The summed E-state index contributed by atoms with van der Waals surface area (Å²) in [6.07, 6.45) is 3.46. The zero-order valence-electron chi connectivity index (χ0n) is 16.6. The van der Waals surface area contributed by atoms with Crippen molar-refractivity contribution >= 4 is 5.97 Å². The van der Waals surface area contributed by atoms with Crippen molar-refractivity contribution in [3.8, 4) is 0 Å². The fourth-order valence-electron chi connectivity index (χ4n) is 6.15. The van der Waals surface area contributed by atoms with Gasteiger partial charge in [0.15, 0.2) is 0 Å². The van der Waals surface area contributed by atoms with E-state index in [1.54, 1.807) is 0 Å². The Morgan fingerprint density at radius 1 is 1.11 bits per heavy atom. The minimum Gasteiger partial charge on any atom is -0.458 e. The molecule has 2 fully saturated rings. The Hall–Kier alpha value is -2.39.